The highest BCUT2D eigenvalue weighted by molar-refractivity contribution is 7.92. The normalized spacial score (nSPS) is 13.7. The zero-order chi connectivity index (χ0) is 33.2. The number of aryl methyl sites for hydroxylation is 1. The third kappa shape index (κ3) is 7.87. The fourth-order valence-corrected chi connectivity index (χ4v) is 6.56. The van der Waals surface area contributed by atoms with Gasteiger partial charge in [-0.1, -0.05) is 20.3 Å². The van der Waals surface area contributed by atoms with Crippen LogP contribution in [0, 0.1) is 6.92 Å². The topological polar surface area (TPSA) is 163 Å². The minimum Gasteiger partial charge on any atom is -0.493 e. The Kier molecular flexibility index (Phi) is 10.5. The van der Waals surface area contributed by atoms with Gasteiger partial charge in [0.25, 0.3) is 15.6 Å². The average molecular weight is 670 g/mol. The molecule has 2 N–H and O–H groups in total. The zero-order valence-corrected chi connectivity index (χ0v) is 27.6. The van der Waals surface area contributed by atoms with Gasteiger partial charge in [0, 0.05) is 12.0 Å². The highest BCUT2D eigenvalue weighted by Crippen LogP contribution is 2.36. The summed E-state index contributed by atoms with van der Waals surface area (Å²) in [6.07, 6.45) is 4.10. The van der Waals surface area contributed by atoms with Gasteiger partial charge in [-0.3, -0.25) is 9.52 Å². The predicted molar refractivity (Wildman–Crippen MR) is 178 cm³/mol. The van der Waals surface area contributed by atoms with Crippen molar-refractivity contribution in [1.82, 2.24) is 19.6 Å². The molecular weight excluding hydrogens is 626 g/mol. The molecule has 5 rings (SSSR count). The third-order valence-corrected chi connectivity index (χ3v) is 8.80. The van der Waals surface area contributed by atoms with Crippen molar-refractivity contribution in [2.24, 2.45) is 0 Å². The Morgan fingerprint density at radius 1 is 1.06 bits per heavy atom. The lowest BCUT2D eigenvalue weighted by atomic mass is 10.1. The van der Waals surface area contributed by atoms with Crippen LogP contribution in [0.3, 0.4) is 0 Å². The maximum absolute atomic E-state index is 13.6. The van der Waals surface area contributed by atoms with Gasteiger partial charge in [-0.15, -0.1) is 5.10 Å². The van der Waals surface area contributed by atoms with Crippen molar-refractivity contribution in [3.05, 3.63) is 58.3 Å². The summed E-state index contributed by atoms with van der Waals surface area (Å²) in [5.74, 6) is 1.27. The lowest BCUT2D eigenvalue weighted by Crippen LogP contribution is -2.27. The van der Waals surface area contributed by atoms with E-state index in [1.807, 2.05) is 0 Å². The minimum absolute atomic E-state index is 0. The summed E-state index contributed by atoms with van der Waals surface area (Å²) in [6, 6.07) is 8.77. The number of benzene rings is 2. The fraction of sp³-hybridized carbons (Fsp3) is 0.455. The predicted octanol–water partition coefficient (Wildman–Crippen LogP) is 5.62. The van der Waals surface area contributed by atoms with Crippen molar-refractivity contribution in [2.75, 3.05) is 25.0 Å². The quantitative estimate of drug-likeness (QED) is 0.192. The Morgan fingerprint density at radius 2 is 1.77 bits per heavy atom. The van der Waals surface area contributed by atoms with Crippen molar-refractivity contribution in [3.8, 4) is 28.6 Å². The highest BCUT2D eigenvalue weighted by atomic mass is 32.2. The van der Waals surface area contributed by atoms with Gasteiger partial charge in [0.1, 0.15) is 17.2 Å². The number of sulfonamides is 1. The summed E-state index contributed by atoms with van der Waals surface area (Å²) in [6.45, 7) is 8.71. The SMILES string of the molecule is C.CCOc1ccc(S(=O)(=O)Nc2ccc(OC)c(OCC(=O)OC(C)(C)C)c2)cc1-c1nn2c(C3CCCC3)nc(C)c2c(=O)[nH]1. The second-order valence-electron chi connectivity index (χ2n) is 12.0. The number of ether oxygens (including phenoxy) is 4. The molecule has 2 heterocycles. The average Bonchev–Trinajstić information content (AvgIpc) is 3.63. The van der Waals surface area contributed by atoms with Crippen molar-refractivity contribution in [2.45, 2.75) is 84.1 Å². The molecule has 1 fully saturated rings. The molecule has 2 aromatic carbocycles. The van der Waals surface area contributed by atoms with Gasteiger partial charge in [-0.2, -0.15) is 0 Å². The molecule has 2 aromatic heterocycles. The summed E-state index contributed by atoms with van der Waals surface area (Å²) in [7, 11) is -2.74. The minimum atomic E-state index is -4.17. The van der Waals surface area contributed by atoms with Crippen LogP contribution in [0.15, 0.2) is 46.1 Å². The molecule has 0 saturated heterocycles. The van der Waals surface area contributed by atoms with Gasteiger partial charge in [0.05, 0.1) is 35.6 Å². The summed E-state index contributed by atoms with van der Waals surface area (Å²) in [5, 5.41) is 4.74. The number of H-pyrrole nitrogens is 1. The second kappa shape index (κ2) is 14.0. The molecule has 0 aliphatic heterocycles. The van der Waals surface area contributed by atoms with E-state index in [1.165, 1.54) is 43.5 Å². The molecule has 4 aromatic rings. The van der Waals surface area contributed by atoms with E-state index in [-0.39, 0.29) is 41.1 Å². The number of nitrogens with zero attached hydrogens (tertiary/aromatic N) is 3. The van der Waals surface area contributed by atoms with Gasteiger partial charge in [0.2, 0.25) is 0 Å². The first-order valence-corrected chi connectivity index (χ1v) is 16.6. The second-order valence-corrected chi connectivity index (χ2v) is 13.7. The van der Waals surface area contributed by atoms with Crippen LogP contribution in [-0.4, -0.2) is 59.9 Å². The van der Waals surface area contributed by atoms with Crippen molar-refractivity contribution < 1.29 is 32.2 Å². The molecule has 254 valence electrons. The first kappa shape index (κ1) is 35.3. The number of carbonyl (C=O) groups is 1. The van der Waals surface area contributed by atoms with Crippen LogP contribution in [0.5, 0.6) is 17.2 Å². The number of imidazole rings is 1. The van der Waals surface area contributed by atoms with E-state index in [0.717, 1.165) is 31.5 Å². The molecule has 0 atom stereocenters. The Labute approximate surface area is 274 Å². The number of rotatable bonds is 11. The maximum atomic E-state index is 13.6. The van der Waals surface area contributed by atoms with Crippen LogP contribution in [0.4, 0.5) is 5.69 Å². The van der Waals surface area contributed by atoms with Crippen LogP contribution in [-0.2, 0) is 19.6 Å². The summed E-state index contributed by atoms with van der Waals surface area (Å²) in [5.41, 5.74) is 0.329. The Hall–Kier alpha value is -4.59. The molecule has 1 saturated carbocycles. The van der Waals surface area contributed by atoms with Crippen molar-refractivity contribution >= 4 is 27.2 Å². The molecular formula is C33H43N5O8S. The zero-order valence-electron chi connectivity index (χ0n) is 26.8. The van der Waals surface area contributed by atoms with E-state index < -0.39 is 28.2 Å². The largest absolute Gasteiger partial charge is 0.493 e. The molecule has 1 aliphatic carbocycles. The van der Waals surface area contributed by atoms with E-state index in [4.69, 9.17) is 24.0 Å². The number of anilines is 1. The number of aromatic amines is 1. The lowest BCUT2D eigenvalue weighted by Gasteiger charge is -2.20. The number of hydrogen-bond acceptors (Lipinski definition) is 10. The molecule has 0 spiro atoms. The first-order chi connectivity index (χ1) is 21.8. The molecule has 13 nitrogen and oxygen atoms in total. The lowest BCUT2D eigenvalue weighted by molar-refractivity contribution is -0.157. The van der Waals surface area contributed by atoms with Crippen LogP contribution in [0.1, 0.15) is 78.2 Å². The fourth-order valence-electron chi connectivity index (χ4n) is 5.48. The van der Waals surface area contributed by atoms with E-state index >= 15 is 0 Å². The number of carbonyl (C=O) groups excluding carboxylic acids is 1. The van der Waals surface area contributed by atoms with Gasteiger partial charge in [-0.25, -0.2) is 22.7 Å². The van der Waals surface area contributed by atoms with Gasteiger partial charge < -0.3 is 23.9 Å². The van der Waals surface area contributed by atoms with Crippen molar-refractivity contribution in [3.63, 3.8) is 0 Å². The molecule has 47 heavy (non-hydrogen) atoms. The summed E-state index contributed by atoms with van der Waals surface area (Å²) < 4.78 is 53.5. The van der Waals surface area contributed by atoms with Crippen LogP contribution < -0.4 is 24.5 Å². The molecule has 0 unspecified atom stereocenters. The summed E-state index contributed by atoms with van der Waals surface area (Å²) in [4.78, 5) is 32.9. The van der Waals surface area contributed by atoms with Crippen LogP contribution in [0.25, 0.3) is 16.9 Å². The first-order valence-electron chi connectivity index (χ1n) is 15.1. The van der Waals surface area contributed by atoms with E-state index in [0.29, 0.717) is 34.9 Å². The molecule has 0 amide bonds. The maximum Gasteiger partial charge on any atom is 0.344 e. The Morgan fingerprint density at radius 3 is 2.43 bits per heavy atom. The van der Waals surface area contributed by atoms with E-state index in [1.54, 1.807) is 39.1 Å². The molecule has 0 radical (unpaired) electrons. The number of methoxy groups -OCH3 is 1. The standard InChI is InChI=1S/C32H39N5O8S.CH4/c1-7-43-24-15-13-22(17-23(24)29-34-31(39)28-19(2)33-30(37(28)35-29)20-10-8-9-11-20)46(40,41)36-21-12-14-25(42-6)26(16-21)44-18-27(38)45-32(3,4)5;/h12-17,20,36H,7-11,18H2,1-6H3,(H,34,35,39);1H4. The smallest absolute Gasteiger partial charge is 0.344 e. The summed E-state index contributed by atoms with van der Waals surface area (Å²) >= 11 is 0. The number of nitrogens with one attached hydrogen (secondary N) is 2. The van der Waals surface area contributed by atoms with E-state index in [2.05, 4.69) is 14.7 Å². The Balaban J connectivity index is 0.00000500. The number of hydrogen-bond donors (Lipinski definition) is 2. The third-order valence-electron chi connectivity index (χ3n) is 7.42. The number of aromatic nitrogens is 4. The van der Waals surface area contributed by atoms with E-state index in [9.17, 15) is 18.0 Å². The Bertz CT molecular complexity index is 1920. The van der Waals surface area contributed by atoms with Gasteiger partial charge in [-0.05, 0) is 77.8 Å². The molecule has 0 bridgehead atoms. The van der Waals surface area contributed by atoms with Crippen LogP contribution in [0.2, 0.25) is 0 Å². The molecule has 14 heteroatoms. The monoisotopic (exact) mass is 669 g/mol. The van der Waals surface area contributed by atoms with Gasteiger partial charge >= 0.3 is 5.97 Å². The number of esters is 1. The highest BCUT2D eigenvalue weighted by Gasteiger charge is 2.26. The number of fused-ring (bicyclic) bond motifs is 1. The van der Waals surface area contributed by atoms with Crippen LogP contribution >= 0.6 is 0 Å². The van der Waals surface area contributed by atoms with Gasteiger partial charge in [0.15, 0.2) is 29.4 Å². The van der Waals surface area contributed by atoms with Crippen molar-refractivity contribution in [1.29, 1.82) is 0 Å². The molecule has 1 aliphatic rings.